The van der Waals surface area contributed by atoms with Gasteiger partial charge in [0.05, 0.1) is 12.1 Å². The summed E-state index contributed by atoms with van der Waals surface area (Å²) in [7, 11) is 3.55. The highest BCUT2D eigenvalue weighted by atomic mass is 16.5. The largest absolute Gasteiger partial charge is 0.385 e. The van der Waals surface area contributed by atoms with Crippen LogP contribution in [0.25, 0.3) is 11.2 Å². The maximum atomic E-state index is 12.6. The molecule has 0 fully saturated rings. The average molecular weight is 343 g/mol. The Bertz CT molecular complexity index is 884. The second-order valence-electron chi connectivity index (χ2n) is 5.72. The Labute approximate surface area is 145 Å². The van der Waals surface area contributed by atoms with Crippen LogP contribution in [0, 0.1) is 6.92 Å². The van der Waals surface area contributed by atoms with E-state index in [1.165, 1.54) is 0 Å². The fourth-order valence-corrected chi connectivity index (χ4v) is 2.61. The number of hydrogen-bond donors (Lipinski definition) is 1. The number of aryl methyl sites for hydroxylation is 3. The Morgan fingerprint density at radius 1 is 1.40 bits per heavy atom. The van der Waals surface area contributed by atoms with Crippen molar-refractivity contribution in [2.24, 2.45) is 7.05 Å². The Hall–Kier alpha value is -2.81. The van der Waals surface area contributed by atoms with Crippen molar-refractivity contribution in [3.05, 3.63) is 35.8 Å². The van der Waals surface area contributed by atoms with Gasteiger partial charge in [-0.2, -0.15) is 0 Å². The summed E-state index contributed by atoms with van der Waals surface area (Å²) >= 11 is 0. The molecule has 3 aromatic heterocycles. The molecule has 0 aliphatic carbocycles. The molecule has 3 rings (SSSR count). The van der Waals surface area contributed by atoms with Crippen molar-refractivity contribution in [1.82, 2.24) is 34.6 Å². The Kier molecular flexibility index (Phi) is 5.03. The first-order chi connectivity index (χ1) is 12.1. The summed E-state index contributed by atoms with van der Waals surface area (Å²) < 4.78 is 8.82. The van der Waals surface area contributed by atoms with Crippen molar-refractivity contribution in [3.63, 3.8) is 0 Å². The number of imidazole rings is 1. The molecule has 3 aromatic rings. The molecular weight excluding hydrogens is 322 g/mol. The highest BCUT2D eigenvalue weighted by molar-refractivity contribution is 6.04. The number of ether oxygens (including phenoxy) is 1. The third-order valence-corrected chi connectivity index (χ3v) is 4.08. The number of fused-ring (bicyclic) bond motifs is 1. The van der Waals surface area contributed by atoms with Crippen LogP contribution in [-0.4, -0.2) is 48.9 Å². The maximum Gasteiger partial charge on any atom is 0.254 e. The molecule has 0 unspecified atom stereocenters. The van der Waals surface area contributed by atoms with Gasteiger partial charge >= 0.3 is 0 Å². The average Bonchev–Trinajstić information content (AvgIpc) is 3.18. The zero-order valence-corrected chi connectivity index (χ0v) is 14.6. The van der Waals surface area contributed by atoms with Crippen LogP contribution in [0.1, 0.15) is 28.4 Å². The third-order valence-electron chi connectivity index (χ3n) is 4.08. The Morgan fingerprint density at radius 3 is 3.04 bits per heavy atom. The summed E-state index contributed by atoms with van der Waals surface area (Å²) in [6, 6.07) is 1.67. The van der Waals surface area contributed by atoms with Gasteiger partial charge in [-0.25, -0.2) is 9.97 Å². The van der Waals surface area contributed by atoms with E-state index in [4.69, 9.17) is 4.74 Å². The zero-order chi connectivity index (χ0) is 17.8. The molecule has 9 heteroatoms. The lowest BCUT2D eigenvalue weighted by Gasteiger charge is -2.08. The van der Waals surface area contributed by atoms with E-state index in [2.05, 4.69) is 25.5 Å². The van der Waals surface area contributed by atoms with Crippen LogP contribution >= 0.6 is 0 Å². The van der Waals surface area contributed by atoms with Crippen molar-refractivity contribution >= 4 is 17.1 Å². The van der Waals surface area contributed by atoms with E-state index in [0.29, 0.717) is 35.7 Å². The van der Waals surface area contributed by atoms with Crippen LogP contribution in [0.15, 0.2) is 18.6 Å². The van der Waals surface area contributed by atoms with Crippen molar-refractivity contribution in [1.29, 1.82) is 0 Å². The molecule has 0 saturated carbocycles. The molecule has 1 amide bonds. The topological polar surface area (TPSA) is 99.8 Å². The van der Waals surface area contributed by atoms with E-state index in [-0.39, 0.29) is 5.91 Å². The van der Waals surface area contributed by atoms with Crippen molar-refractivity contribution < 1.29 is 9.53 Å². The monoisotopic (exact) mass is 343 g/mol. The smallest absolute Gasteiger partial charge is 0.254 e. The van der Waals surface area contributed by atoms with Gasteiger partial charge in [-0.3, -0.25) is 4.79 Å². The van der Waals surface area contributed by atoms with Gasteiger partial charge in [0.1, 0.15) is 17.7 Å². The first kappa shape index (κ1) is 17.0. The standard InChI is InChI=1S/C16H21N7O2/c1-11-20-14-12(5-6-17-15(14)22(11)2)16(24)18-9-13-21-19-10-23(13)7-4-8-25-3/h5-6,10H,4,7-9H2,1-3H3,(H,18,24). The summed E-state index contributed by atoms with van der Waals surface area (Å²) in [4.78, 5) is 21.3. The number of methoxy groups -OCH3 is 1. The molecule has 3 heterocycles. The number of carbonyl (C=O) groups is 1. The minimum absolute atomic E-state index is 0.211. The molecule has 1 N–H and O–H groups in total. The van der Waals surface area contributed by atoms with Crippen LogP contribution in [0.5, 0.6) is 0 Å². The zero-order valence-electron chi connectivity index (χ0n) is 14.6. The molecule has 0 bridgehead atoms. The second kappa shape index (κ2) is 7.39. The SMILES string of the molecule is COCCCn1cnnc1CNC(=O)c1ccnc2c1nc(C)n2C. The highest BCUT2D eigenvalue weighted by Crippen LogP contribution is 2.16. The van der Waals surface area contributed by atoms with Crippen LogP contribution in [0.2, 0.25) is 0 Å². The number of rotatable bonds is 7. The summed E-state index contributed by atoms with van der Waals surface area (Å²) in [6.07, 6.45) is 4.13. The van der Waals surface area contributed by atoms with E-state index in [9.17, 15) is 4.79 Å². The lowest BCUT2D eigenvalue weighted by atomic mass is 10.2. The lowest BCUT2D eigenvalue weighted by Crippen LogP contribution is -2.25. The Morgan fingerprint density at radius 2 is 2.24 bits per heavy atom. The summed E-state index contributed by atoms with van der Waals surface area (Å²) in [5, 5.41) is 10.9. The fourth-order valence-electron chi connectivity index (χ4n) is 2.61. The van der Waals surface area contributed by atoms with Crippen LogP contribution in [-0.2, 0) is 24.9 Å². The van der Waals surface area contributed by atoms with Gasteiger partial charge < -0.3 is 19.2 Å². The van der Waals surface area contributed by atoms with E-state index in [0.717, 1.165) is 18.8 Å². The minimum atomic E-state index is -0.211. The van der Waals surface area contributed by atoms with Crippen molar-refractivity contribution in [3.8, 4) is 0 Å². The number of amides is 1. The maximum absolute atomic E-state index is 12.6. The molecular formula is C16H21N7O2. The number of aromatic nitrogens is 6. The van der Waals surface area contributed by atoms with E-state index < -0.39 is 0 Å². The number of nitrogens with zero attached hydrogens (tertiary/aromatic N) is 6. The quantitative estimate of drug-likeness (QED) is 0.638. The molecule has 0 radical (unpaired) electrons. The van der Waals surface area contributed by atoms with Gasteiger partial charge in [-0.15, -0.1) is 10.2 Å². The first-order valence-electron chi connectivity index (χ1n) is 8.03. The van der Waals surface area contributed by atoms with E-state index in [1.54, 1.807) is 25.7 Å². The molecule has 9 nitrogen and oxygen atoms in total. The Balaban J connectivity index is 1.72. The molecule has 132 valence electrons. The third kappa shape index (κ3) is 3.50. The summed E-state index contributed by atoms with van der Waals surface area (Å²) in [5.41, 5.74) is 1.79. The summed E-state index contributed by atoms with van der Waals surface area (Å²) in [6.45, 7) is 3.58. The lowest BCUT2D eigenvalue weighted by molar-refractivity contribution is 0.0950. The number of pyridine rings is 1. The van der Waals surface area contributed by atoms with Gasteiger partial charge in [0.25, 0.3) is 5.91 Å². The molecule has 0 saturated heterocycles. The fraction of sp³-hybridized carbons (Fsp3) is 0.438. The molecule has 0 spiro atoms. The highest BCUT2D eigenvalue weighted by Gasteiger charge is 2.16. The van der Waals surface area contributed by atoms with E-state index in [1.807, 2.05) is 23.1 Å². The predicted octanol–water partition coefficient (Wildman–Crippen LogP) is 0.835. The molecule has 0 aliphatic rings. The van der Waals surface area contributed by atoms with Gasteiger partial charge in [0.2, 0.25) is 0 Å². The molecule has 0 atom stereocenters. The normalized spacial score (nSPS) is 11.2. The van der Waals surface area contributed by atoms with Gasteiger partial charge in [0, 0.05) is 33.5 Å². The molecule has 0 aliphatic heterocycles. The number of hydrogen-bond acceptors (Lipinski definition) is 6. The van der Waals surface area contributed by atoms with Crippen LogP contribution in [0.4, 0.5) is 0 Å². The minimum Gasteiger partial charge on any atom is -0.385 e. The van der Waals surface area contributed by atoms with Gasteiger partial charge in [0.15, 0.2) is 11.5 Å². The second-order valence-corrected chi connectivity index (χ2v) is 5.72. The van der Waals surface area contributed by atoms with Crippen LogP contribution in [0.3, 0.4) is 0 Å². The molecule has 25 heavy (non-hydrogen) atoms. The first-order valence-corrected chi connectivity index (χ1v) is 8.03. The number of nitrogens with one attached hydrogen (secondary N) is 1. The summed E-state index contributed by atoms with van der Waals surface area (Å²) in [5.74, 6) is 1.30. The van der Waals surface area contributed by atoms with Crippen molar-refractivity contribution in [2.45, 2.75) is 26.4 Å². The van der Waals surface area contributed by atoms with Crippen molar-refractivity contribution in [2.75, 3.05) is 13.7 Å². The van der Waals surface area contributed by atoms with Gasteiger partial charge in [-0.05, 0) is 19.4 Å². The van der Waals surface area contributed by atoms with Crippen LogP contribution < -0.4 is 5.32 Å². The van der Waals surface area contributed by atoms with E-state index >= 15 is 0 Å². The molecule has 0 aromatic carbocycles. The predicted molar refractivity (Wildman–Crippen MR) is 90.9 cm³/mol. The van der Waals surface area contributed by atoms with Gasteiger partial charge in [-0.1, -0.05) is 0 Å². The number of carbonyl (C=O) groups excluding carboxylic acids is 1.